The van der Waals surface area contributed by atoms with Crippen molar-refractivity contribution < 1.29 is 4.18 Å². The standard InChI is InChI=1S/C16H26OS.C2H4/c1-10(2)13-8-14(11(3)4)16(18-17-7)15(9-13)12(5)6;1-2/h8-12H,1-7H3;1-2H2. The van der Waals surface area contributed by atoms with E-state index in [9.17, 15) is 0 Å². The van der Waals surface area contributed by atoms with Gasteiger partial charge in [-0.05, 0) is 34.4 Å². The molecule has 20 heavy (non-hydrogen) atoms. The van der Waals surface area contributed by atoms with E-state index < -0.39 is 0 Å². The van der Waals surface area contributed by atoms with Gasteiger partial charge in [-0.3, -0.25) is 0 Å². The Labute approximate surface area is 130 Å². The average molecular weight is 295 g/mol. The summed E-state index contributed by atoms with van der Waals surface area (Å²) in [4.78, 5) is 1.31. The normalized spacial score (nSPS) is 10.9. The van der Waals surface area contributed by atoms with Gasteiger partial charge in [-0.25, -0.2) is 0 Å². The van der Waals surface area contributed by atoms with Crippen LogP contribution in [0.25, 0.3) is 0 Å². The maximum atomic E-state index is 5.33. The SMILES string of the molecule is C=C.COSc1c(C(C)C)cc(C(C)C)cc1C(C)C. The van der Waals surface area contributed by atoms with E-state index in [2.05, 4.69) is 66.8 Å². The molecule has 0 aliphatic rings. The molecule has 0 aliphatic heterocycles. The van der Waals surface area contributed by atoms with Crippen molar-refractivity contribution in [3.63, 3.8) is 0 Å². The predicted molar refractivity (Wildman–Crippen MR) is 92.8 cm³/mol. The lowest BCUT2D eigenvalue weighted by Gasteiger charge is -2.21. The Hall–Kier alpha value is -0.730. The van der Waals surface area contributed by atoms with Gasteiger partial charge >= 0.3 is 0 Å². The first-order valence-corrected chi connectivity index (χ1v) is 8.01. The summed E-state index contributed by atoms with van der Waals surface area (Å²) in [5.74, 6) is 1.62. The molecular formula is C18H30OS. The number of hydrogen-bond donors (Lipinski definition) is 0. The van der Waals surface area contributed by atoms with Gasteiger partial charge in [0.15, 0.2) is 0 Å². The Morgan fingerprint density at radius 3 is 1.50 bits per heavy atom. The topological polar surface area (TPSA) is 9.23 Å². The van der Waals surface area contributed by atoms with Crippen molar-refractivity contribution in [2.45, 2.75) is 64.2 Å². The van der Waals surface area contributed by atoms with Crippen LogP contribution >= 0.6 is 12.0 Å². The van der Waals surface area contributed by atoms with E-state index in [0.29, 0.717) is 17.8 Å². The first kappa shape index (κ1) is 19.3. The van der Waals surface area contributed by atoms with E-state index in [1.54, 1.807) is 7.11 Å². The second kappa shape index (κ2) is 9.25. The molecule has 1 aromatic rings. The van der Waals surface area contributed by atoms with E-state index in [1.807, 2.05) is 0 Å². The van der Waals surface area contributed by atoms with Crippen molar-refractivity contribution in [3.05, 3.63) is 42.0 Å². The zero-order valence-corrected chi connectivity index (χ0v) is 14.9. The second-order valence-electron chi connectivity index (χ2n) is 5.74. The third kappa shape index (κ3) is 4.99. The molecule has 0 N–H and O–H groups in total. The van der Waals surface area contributed by atoms with Crippen LogP contribution in [0.1, 0.15) is 76.0 Å². The fourth-order valence-corrected chi connectivity index (χ4v) is 3.02. The molecule has 0 heterocycles. The monoisotopic (exact) mass is 294 g/mol. The lowest BCUT2D eigenvalue weighted by Crippen LogP contribution is -2.02. The van der Waals surface area contributed by atoms with E-state index in [1.165, 1.54) is 33.6 Å². The quantitative estimate of drug-likeness (QED) is 0.452. The molecule has 0 bridgehead atoms. The van der Waals surface area contributed by atoms with Crippen LogP contribution in [0.2, 0.25) is 0 Å². The third-order valence-corrected chi connectivity index (χ3v) is 4.05. The molecule has 0 saturated heterocycles. The van der Waals surface area contributed by atoms with Crippen molar-refractivity contribution in [3.8, 4) is 0 Å². The average Bonchev–Trinajstić information content (AvgIpc) is 2.40. The Balaban J connectivity index is 0.00000172. The molecule has 0 saturated carbocycles. The lowest BCUT2D eigenvalue weighted by atomic mass is 9.89. The molecule has 0 atom stereocenters. The highest BCUT2D eigenvalue weighted by Crippen LogP contribution is 2.38. The van der Waals surface area contributed by atoms with Crippen LogP contribution in [-0.4, -0.2) is 7.11 Å². The van der Waals surface area contributed by atoms with Crippen LogP contribution < -0.4 is 0 Å². The minimum atomic E-state index is 0.527. The molecule has 0 spiro atoms. The van der Waals surface area contributed by atoms with Gasteiger partial charge in [0, 0.05) is 16.9 Å². The summed E-state index contributed by atoms with van der Waals surface area (Å²) >= 11 is 1.51. The molecule has 0 unspecified atom stereocenters. The van der Waals surface area contributed by atoms with Gasteiger partial charge in [0.25, 0.3) is 0 Å². The third-order valence-electron chi connectivity index (χ3n) is 3.25. The molecule has 2 heteroatoms. The van der Waals surface area contributed by atoms with Gasteiger partial charge in [-0.1, -0.05) is 53.7 Å². The molecule has 0 aliphatic carbocycles. The van der Waals surface area contributed by atoms with Crippen LogP contribution in [0.3, 0.4) is 0 Å². The Kier molecular flexibility index (Phi) is 8.91. The maximum absolute atomic E-state index is 5.33. The summed E-state index contributed by atoms with van der Waals surface area (Å²) in [7, 11) is 1.75. The molecule has 0 amide bonds. The number of rotatable bonds is 5. The van der Waals surface area contributed by atoms with E-state index in [4.69, 9.17) is 4.18 Å². The van der Waals surface area contributed by atoms with Gasteiger partial charge in [0.1, 0.15) is 0 Å². The van der Waals surface area contributed by atoms with Crippen LogP contribution in [0.15, 0.2) is 30.2 Å². The maximum Gasteiger partial charge on any atom is 0.0508 e. The Morgan fingerprint density at radius 2 is 1.25 bits per heavy atom. The van der Waals surface area contributed by atoms with Crippen LogP contribution in [-0.2, 0) is 4.18 Å². The van der Waals surface area contributed by atoms with Gasteiger partial charge in [0.2, 0.25) is 0 Å². The summed E-state index contributed by atoms with van der Waals surface area (Å²) in [6.45, 7) is 19.5. The van der Waals surface area contributed by atoms with Crippen LogP contribution in [0, 0.1) is 0 Å². The highest BCUT2D eigenvalue weighted by atomic mass is 32.2. The van der Waals surface area contributed by atoms with E-state index >= 15 is 0 Å². The summed E-state index contributed by atoms with van der Waals surface area (Å²) in [6, 6.07) is 4.70. The fraction of sp³-hybridized carbons (Fsp3) is 0.556. The molecule has 1 aromatic carbocycles. The molecular weight excluding hydrogens is 264 g/mol. The minimum absolute atomic E-state index is 0.527. The van der Waals surface area contributed by atoms with Crippen molar-refractivity contribution >= 4 is 12.0 Å². The van der Waals surface area contributed by atoms with Gasteiger partial charge < -0.3 is 4.18 Å². The zero-order valence-electron chi connectivity index (χ0n) is 14.1. The van der Waals surface area contributed by atoms with Gasteiger partial charge in [0.05, 0.1) is 7.11 Å². The van der Waals surface area contributed by atoms with Gasteiger partial charge in [-0.15, -0.1) is 13.2 Å². The highest BCUT2D eigenvalue weighted by molar-refractivity contribution is 7.94. The van der Waals surface area contributed by atoms with Crippen molar-refractivity contribution in [1.82, 2.24) is 0 Å². The van der Waals surface area contributed by atoms with Crippen LogP contribution in [0.5, 0.6) is 0 Å². The Morgan fingerprint density at radius 1 is 0.850 bits per heavy atom. The minimum Gasteiger partial charge on any atom is -0.314 e. The van der Waals surface area contributed by atoms with Crippen LogP contribution in [0.4, 0.5) is 0 Å². The second-order valence-corrected chi connectivity index (χ2v) is 6.65. The molecule has 1 nitrogen and oxygen atoms in total. The number of hydrogen-bond acceptors (Lipinski definition) is 2. The van der Waals surface area contributed by atoms with E-state index in [0.717, 1.165) is 0 Å². The molecule has 114 valence electrons. The number of benzene rings is 1. The van der Waals surface area contributed by atoms with E-state index in [-0.39, 0.29) is 0 Å². The zero-order chi connectivity index (χ0) is 15.9. The fourth-order valence-electron chi connectivity index (χ4n) is 2.07. The molecule has 1 rings (SSSR count). The summed E-state index contributed by atoms with van der Waals surface area (Å²) in [6.07, 6.45) is 0. The summed E-state index contributed by atoms with van der Waals surface area (Å²) in [5.41, 5.74) is 4.26. The first-order chi connectivity index (χ1) is 9.38. The highest BCUT2D eigenvalue weighted by Gasteiger charge is 2.17. The first-order valence-electron chi connectivity index (χ1n) is 7.26. The summed E-state index contributed by atoms with van der Waals surface area (Å²) in [5, 5.41) is 0. The van der Waals surface area contributed by atoms with Crippen molar-refractivity contribution in [2.24, 2.45) is 0 Å². The van der Waals surface area contributed by atoms with Gasteiger partial charge in [-0.2, -0.15) is 0 Å². The summed E-state index contributed by atoms with van der Waals surface area (Å²) < 4.78 is 5.33. The van der Waals surface area contributed by atoms with Crippen molar-refractivity contribution in [1.29, 1.82) is 0 Å². The Bertz CT molecular complexity index is 379. The predicted octanol–water partition coefficient (Wildman–Crippen LogP) is 6.51. The lowest BCUT2D eigenvalue weighted by molar-refractivity contribution is 0.488. The largest absolute Gasteiger partial charge is 0.314 e. The molecule has 0 radical (unpaired) electrons. The molecule has 0 fully saturated rings. The van der Waals surface area contributed by atoms with Crippen molar-refractivity contribution in [2.75, 3.05) is 7.11 Å². The smallest absolute Gasteiger partial charge is 0.0508 e. The molecule has 0 aromatic heterocycles.